The lowest BCUT2D eigenvalue weighted by Gasteiger charge is -2.11. The molecule has 0 fully saturated rings. The van der Waals surface area contributed by atoms with E-state index in [2.05, 4.69) is 42.0 Å². The summed E-state index contributed by atoms with van der Waals surface area (Å²) in [6.07, 6.45) is 0. The second-order valence-corrected chi connectivity index (χ2v) is 4.54. The molecule has 1 aromatic carbocycles. The Morgan fingerprint density at radius 3 is 2.29 bits per heavy atom. The van der Waals surface area contributed by atoms with Crippen LogP contribution in [0.1, 0.15) is 22.5 Å². The highest BCUT2D eigenvalue weighted by atomic mass is 35.5. The molecule has 0 radical (unpaired) electrons. The van der Waals surface area contributed by atoms with E-state index in [-0.39, 0.29) is 0 Å². The number of aromatic nitrogens is 3. The molecule has 3 nitrogen and oxygen atoms in total. The SMILES string of the molecule is Cc1nnc(-c2ccc(C)c(C)c2C)c(Cl)n1. The minimum atomic E-state index is 0.406. The molecule has 0 amide bonds. The number of hydrogen-bond acceptors (Lipinski definition) is 3. The van der Waals surface area contributed by atoms with Crippen molar-refractivity contribution in [2.75, 3.05) is 0 Å². The lowest BCUT2D eigenvalue weighted by molar-refractivity contribution is 0.913. The van der Waals surface area contributed by atoms with Gasteiger partial charge in [0.1, 0.15) is 11.5 Å². The van der Waals surface area contributed by atoms with Gasteiger partial charge in [-0.25, -0.2) is 4.98 Å². The van der Waals surface area contributed by atoms with Crippen LogP contribution in [0.5, 0.6) is 0 Å². The molecule has 0 N–H and O–H groups in total. The lowest BCUT2D eigenvalue weighted by atomic mass is 9.97. The molecular weight excluding hydrogens is 234 g/mol. The Balaban J connectivity index is 2.65. The molecule has 0 spiro atoms. The number of rotatable bonds is 1. The predicted octanol–water partition coefficient (Wildman–Crippen LogP) is 3.43. The van der Waals surface area contributed by atoms with Crippen molar-refractivity contribution in [3.8, 4) is 11.3 Å². The third-order valence-electron chi connectivity index (χ3n) is 3.06. The van der Waals surface area contributed by atoms with E-state index in [9.17, 15) is 0 Å². The fourth-order valence-electron chi connectivity index (χ4n) is 1.76. The summed E-state index contributed by atoms with van der Waals surface area (Å²) in [4.78, 5) is 4.13. The first-order chi connectivity index (χ1) is 8.00. The van der Waals surface area contributed by atoms with Crippen LogP contribution in [0.15, 0.2) is 12.1 Å². The normalized spacial score (nSPS) is 10.6. The lowest BCUT2D eigenvalue weighted by Crippen LogP contribution is -1.99. The standard InChI is InChI=1S/C13H14ClN3/c1-7-5-6-11(9(3)8(7)2)12-13(14)15-10(4)16-17-12/h5-6H,1-4H3. The van der Waals surface area contributed by atoms with Gasteiger partial charge in [-0.1, -0.05) is 23.7 Å². The van der Waals surface area contributed by atoms with Crippen molar-refractivity contribution in [2.45, 2.75) is 27.7 Å². The van der Waals surface area contributed by atoms with Crippen molar-refractivity contribution in [3.63, 3.8) is 0 Å². The maximum atomic E-state index is 6.11. The van der Waals surface area contributed by atoms with Crippen LogP contribution in [0.4, 0.5) is 0 Å². The van der Waals surface area contributed by atoms with Crippen LogP contribution in [-0.4, -0.2) is 15.2 Å². The molecule has 1 aromatic heterocycles. The average molecular weight is 248 g/mol. The van der Waals surface area contributed by atoms with Gasteiger partial charge >= 0.3 is 0 Å². The maximum Gasteiger partial charge on any atom is 0.159 e. The molecule has 0 saturated carbocycles. The summed E-state index contributed by atoms with van der Waals surface area (Å²) < 4.78 is 0. The number of aryl methyl sites for hydroxylation is 2. The van der Waals surface area contributed by atoms with Crippen LogP contribution in [0.2, 0.25) is 5.15 Å². The molecule has 2 rings (SSSR count). The van der Waals surface area contributed by atoms with Crippen molar-refractivity contribution in [3.05, 3.63) is 39.8 Å². The van der Waals surface area contributed by atoms with Crippen LogP contribution in [0, 0.1) is 27.7 Å². The van der Waals surface area contributed by atoms with Gasteiger partial charge in [0.25, 0.3) is 0 Å². The molecular formula is C13H14ClN3. The van der Waals surface area contributed by atoms with Crippen molar-refractivity contribution < 1.29 is 0 Å². The van der Waals surface area contributed by atoms with Crippen LogP contribution in [-0.2, 0) is 0 Å². The molecule has 0 bridgehead atoms. The summed E-state index contributed by atoms with van der Waals surface area (Å²) >= 11 is 6.11. The third kappa shape index (κ3) is 2.15. The van der Waals surface area contributed by atoms with Gasteiger partial charge in [-0.3, -0.25) is 0 Å². The molecule has 88 valence electrons. The van der Waals surface area contributed by atoms with Gasteiger partial charge in [-0.15, -0.1) is 10.2 Å². The van der Waals surface area contributed by atoms with E-state index in [1.54, 1.807) is 6.92 Å². The molecule has 1 heterocycles. The second kappa shape index (κ2) is 4.41. The number of nitrogens with zero attached hydrogens (tertiary/aromatic N) is 3. The van der Waals surface area contributed by atoms with Crippen LogP contribution in [0.3, 0.4) is 0 Å². The summed E-state index contributed by atoms with van der Waals surface area (Å²) in [5.41, 5.74) is 5.33. The zero-order valence-electron chi connectivity index (χ0n) is 10.4. The number of hydrogen-bond donors (Lipinski definition) is 0. The fraction of sp³-hybridized carbons (Fsp3) is 0.308. The molecule has 0 aliphatic carbocycles. The molecule has 17 heavy (non-hydrogen) atoms. The molecule has 0 atom stereocenters. The highest BCUT2D eigenvalue weighted by molar-refractivity contribution is 6.31. The molecule has 4 heteroatoms. The third-order valence-corrected chi connectivity index (χ3v) is 3.33. The molecule has 0 unspecified atom stereocenters. The topological polar surface area (TPSA) is 38.7 Å². The highest BCUT2D eigenvalue weighted by Crippen LogP contribution is 2.29. The highest BCUT2D eigenvalue weighted by Gasteiger charge is 2.12. The fourth-order valence-corrected chi connectivity index (χ4v) is 2.02. The van der Waals surface area contributed by atoms with Gasteiger partial charge in [-0.05, 0) is 44.4 Å². The maximum absolute atomic E-state index is 6.11. The molecule has 0 saturated heterocycles. The zero-order chi connectivity index (χ0) is 12.6. The van der Waals surface area contributed by atoms with Gasteiger partial charge in [-0.2, -0.15) is 0 Å². The number of halogens is 1. The Labute approximate surface area is 106 Å². The van der Waals surface area contributed by atoms with Crippen LogP contribution >= 0.6 is 11.6 Å². The summed E-state index contributed by atoms with van der Waals surface area (Å²) in [6.45, 7) is 8.02. The van der Waals surface area contributed by atoms with Gasteiger partial charge in [0.05, 0.1) is 0 Å². The Morgan fingerprint density at radius 2 is 1.65 bits per heavy atom. The average Bonchev–Trinajstić information content (AvgIpc) is 2.28. The molecule has 2 aromatic rings. The van der Waals surface area contributed by atoms with Gasteiger partial charge in [0, 0.05) is 5.56 Å². The minimum Gasteiger partial charge on any atom is -0.217 e. The van der Waals surface area contributed by atoms with E-state index in [4.69, 9.17) is 11.6 Å². The first-order valence-corrected chi connectivity index (χ1v) is 5.82. The predicted molar refractivity (Wildman–Crippen MR) is 69.2 cm³/mol. The largest absolute Gasteiger partial charge is 0.217 e. The second-order valence-electron chi connectivity index (χ2n) is 4.18. The van der Waals surface area contributed by atoms with E-state index < -0.39 is 0 Å². The smallest absolute Gasteiger partial charge is 0.159 e. The summed E-state index contributed by atoms with van der Waals surface area (Å²) in [5.74, 6) is 0.584. The van der Waals surface area contributed by atoms with Crippen molar-refractivity contribution in [2.24, 2.45) is 0 Å². The van der Waals surface area contributed by atoms with Crippen molar-refractivity contribution in [1.82, 2.24) is 15.2 Å². The van der Waals surface area contributed by atoms with E-state index in [1.165, 1.54) is 16.7 Å². The van der Waals surface area contributed by atoms with Crippen molar-refractivity contribution in [1.29, 1.82) is 0 Å². The quantitative estimate of drug-likeness (QED) is 0.775. The summed E-state index contributed by atoms with van der Waals surface area (Å²) in [6, 6.07) is 4.08. The van der Waals surface area contributed by atoms with E-state index >= 15 is 0 Å². The van der Waals surface area contributed by atoms with Gasteiger partial charge < -0.3 is 0 Å². The Hall–Kier alpha value is -1.48. The number of benzene rings is 1. The summed E-state index contributed by atoms with van der Waals surface area (Å²) in [7, 11) is 0. The Morgan fingerprint density at radius 1 is 0.941 bits per heavy atom. The first kappa shape index (κ1) is 12.0. The molecule has 0 aliphatic heterocycles. The summed E-state index contributed by atoms with van der Waals surface area (Å²) in [5, 5.41) is 8.51. The van der Waals surface area contributed by atoms with Crippen LogP contribution in [0.25, 0.3) is 11.3 Å². The zero-order valence-corrected chi connectivity index (χ0v) is 11.1. The van der Waals surface area contributed by atoms with E-state index in [0.29, 0.717) is 16.7 Å². The monoisotopic (exact) mass is 247 g/mol. The van der Waals surface area contributed by atoms with Crippen molar-refractivity contribution >= 4 is 11.6 Å². The van der Waals surface area contributed by atoms with Gasteiger partial charge in [0.2, 0.25) is 0 Å². The Bertz CT molecular complexity index is 579. The molecule has 0 aliphatic rings. The Kier molecular flexibility index (Phi) is 3.11. The first-order valence-electron chi connectivity index (χ1n) is 5.44. The minimum absolute atomic E-state index is 0.406. The van der Waals surface area contributed by atoms with Crippen LogP contribution < -0.4 is 0 Å². The van der Waals surface area contributed by atoms with E-state index in [1.807, 2.05) is 6.07 Å². The van der Waals surface area contributed by atoms with Gasteiger partial charge in [0.15, 0.2) is 5.15 Å². The van der Waals surface area contributed by atoms with E-state index in [0.717, 1.165) is 5.56 Å².